The Morgan fingerprint density at radius 3 is 1.08 bits per heavy atom. The lowest BCUT2D eigenvalue weighted by Gasteiger charge is -2.34. The molecule has 0 radical (unpaired) electrons. The first-order chi connectivity index (χ1) is 29.1. The van der Waals surface area contributed by atoms with Gasteiger partial charge in [0.15, 0.2) is 0 Å². The summed E-state index contributed by atoms with van der Waals surface area (Å²) in [6.45, 7) is 3.95. The monoisotopic (exact) mass is 824 g/mol. The smallest absolute Gasteiger partial charge is 0.206 e. The third-order valence-corrected chi connectivity index (χ3v) is 14.8. The lowest BCUT2D eigenvalue weighted by molar-refractivity contribution is 0.481. The fraction of sp³-hybridized carbons (Fsp3) is 0.0769. The van der Waals surface area contributed by atoms with Crippen LogP contribution in [0.3, 0.4) is 0 Å². The predicted molar refractivity (Wildman–Crippen MR) is 235 cm³/mol. The molecule has 60 heavy (non-hydrogen) atoms. The summed E-state index contributed by atoms with van der Waals surface area (Å²) in [6.07, 6.45) is 0.837. The van der Waals surface area contributed by atoms with Gasteiger partial charge in [0.2, 0.25) is 19.7 Å². The first-order valence-electron chi connectivity index (χ1n) is 19.7. The zero-order valence-corrected chi connectivity index (χ0v) is 34.6. The van der Waals surface area contributed by atoms with Crippen LogP contribution in [-0.4, -0.2) is 16.8 Å². The molecule has 1 aliphatic carbocycles. The van der Waals surface area contributed by atoms with Crippen LogP contribution in [0.4, 0.5) is 0 Å². The molecular formula is C52H40O6S2. The summed E-state index contributed by atoms with van der Waals surface area (Å²) >= 11 is 0. The number of ether oxygens (including phenoxy) is 2. The molecule has 296 valence electrons. The highest BCUT2D eigenvalue weighted by atomic mass is 32.2. The topological polar surface area (TPSA) is 86.7 Å². The normalized spacial score (nSPS) is 13.0. The highest BCUT2D eigenvalue weighted by Gasteiger charge is 2.45. The van der Waals surface area contributed by atoms with Crippen LogP contribution in [0, 0.1) is 6.92 Å². The van der Waals surface area contributed by atoms with Gasteiger partial charge in [-0.05, 0) is 149 Å². The van der Waals surface area contributed by atoms with Crippen molar-refractivity contribution < 1.29 is 26.3 Å². The summed E-state index contributed by atoms with van der Waals surface area (Å²) in [4.78, 5) is 0.907. The van der Waals surface area contributed by atoms with Crippen molar-refractivity contribution in [2.75, 3.05) is 0 Å². The highest BCUT2D eigenvalue weighted by molar-refractivity contribution is 7.91. The van der Waals surface area contributed by atoms with Crippen molar-refractivity contribution in [2.24, 2.45) is 0 Å². The van der Waals surface area contributed by atoms with Gasteiger partial charge in [0, 0.05) is 0 Å². The molecule has 0 amide bonds. The average molecular weight is 825 g/mol. The fourth-order valence-corrected chi connectivity index (χ4v) is 10.6. The molecule has 0 saturated carbocycles. The maximum absolute atomic E-state index is 13.3. The molecule has 1 aliphatic rings. The zero-order valence-electron chi connectivity index (χ0n) is 32.9. The number of rotatable bonds is 11. The zero-order chi connectivity index (χ0) is 41.5. The number of hydrogen-bond donors (Lipinski definition) is 0. The molecule has 0 N–H and O–H groups in total. The molecule has 9 rings (SSSR count). The average Bonchev–Trinajstić information content (AvgIpc) is 3.58. The van der Waals surface area contributed by atoms with Crippen LogP contribution in [0.2, 0.25) is 0 Å². The molecule has 8 aromatic rings. The van der Waals surface area contributed by atoms with Crippen LogP contribution in [-0.2, 0) is 31.5 Å². The number of aryl methyl sites for hydroxylation is 2. The Morgan fingerprint density at radius 2 is 0.717 bits per heavy atom. The van der Waals surface area contributed by atoms with Crippen LogP contribution in [0.15, 0.2) is 214 Å². The van der Waals surface area contributed by atoms with E-state index < -0.39 is 25.1 Å². The van der Waals surface area contributed by atoms with E-state index in [1.165, 1.54) is 0 Å². The van der Waals surface area contributed by atoms with Crippen molar-refractivity contribution >= 4 is 19.7 Å². The Bertz CT molecular complexity index is 3000. The SMILES string of the molecule is CCc1ccc(S(=O)(=O)c2ccc(Oc3ccc(C4(c5ccc(Oc6ccc(S(=O)(=O)c7ccc(C)cc7)cc6)cc5)c5ccccc5-c5ccccc54)cc3)cc2)cc1. The molecule has 0 atom stereocenters. The first kappa shape index (κ1) is 38.8. The van der Waals surface area contributed by atoms with Crippen molar-refractivity contribution in [3.05, 3.63) is 228 Å². The minimum atomic E-state index is -3.67. The lowest BCUT2D eigenvalue weighted by atomic mass is 9.68. The molecule has 0 bridgehead atoms. The van der Waals surface area contributed by atoms with Gasteiger partial charge >= 0.3 is 0 Å². The van der Waals surface area contributed by atoms with Gasteiger partial charge in [0.05, 0.1) is 25.0 Å². The van der Waals surface area contributed by atoms with Crippen LogP contribution in [0.5, 0.6) is 23.0 Å². The molecule has 8 aromatic carbocycles. The van der Waals surface area contributed by atoms with Crippen molar-refractivity contribution in [3.8, 4) is 34.1 Å². The van der Waals surface area contributed by atoms with Crippen molar-refractivity contribution in [2.45, 2.75) is 45.3 Å². The maximum Gasteiger partial charge on any atom is 0.206 e. The quantitative estimate of drug-likeness (QED) is 0.129. The van der Waals surface area contributed by atoms with Crippen LogP contribution >= 0.6 is 0 Å². The van der Waals surface area contributed by atoms with Gasteiger partial charge in [-0.25, -0.2) is 16.8 Å². The molecule has 8 heteroatoms. The third-order valence-electron chi connectivity index (χ3n) is 11.2. The van der Waals surface area contributed by atoms with Crippen molar-refractivity contribution in [1.29, 1.82) is 0 Å². The van der Waals surface area contributed by atoms with E-state index >= 15 is 0 Å². The highest BCUT2D eigenvalue weighted by Crippen LogP contribution is 2.56. The van der Waals surface area contributed by atoms with E-state index in [1.807, 2.05) is 50.2 Å². The summed E-state index contributed by atoms with van der Waals surface area (Å²) < 4.78 is 65.6. The van der Waals surface area contributed by atoms with Crippen LogP contribution in [0.1, 0.15) is 40.3 Å². The first-order valence-corrected chi connectivity index (χ1v) is 22.7. The Hall–Kier alpha value is -6.74. The van der Waals surface area contributed by atoms with Crippen molar-refractivity contribution in [3.63, 3.8) is 0 Å². The lowest BCUT2D eigenvalue weighted by Crippen LogP contribution is -2.28. The summed E-state index contributed by atoms with van der Waals surface area (Å²) in [5.74, 6) is 2.26. The van der Waals surface area contributed by atoms with Crippen LogP contribution < -0.4 is 9.47 Å². The van der Waals surface area contributed by atoms with E-state index in [4.69, 9.17) is 9.47 Å². The molecule has 0 spiro atoms. The van der Waals surface area contributed by atoms with Gasteiger partial charge in [0.25, 0.3) is 0 Å². The minimum Gasteiger partial charge on any atom is -0.457 e. The minimum absolute atomic E-state index is 0.198. The van der Waals surface area contributed by atoms with E-state index in [2.05, 4.69) is 72.8 Å². The standard InChI is InChI=1S/C52H40O6S2/c1-3-37-14-30-45(31-15-37)60(55,56)47-34-26-43(27-35-47)58-41-22-18-39(19-23-41)52(50-10-6-4-8-48(50)49-9-5-7-11-51(49)52)38-16-20-40(21-17-38)57-42-24-32-46(33-25-42)59(53,54)44-28-12-36(2)13-29-44/h4-35H,3H2,1-2H3. The molecule has 0 fully saturated rings. The summed E-state index contributed by atoms with van der Waals surface area (Å²) in [5.41, 5.74) is 8.11. The second-order valence-electron chi connectivity index (χ2n) is 14.9. The van der Waals surface area contributed by atoms with Crippen molar-refractivity contribution in [1.82, 2.24) is 0 Å². The second-order valence-corrected chi connectivity index (χ2v) is 18.8. The Morgan fingerprint density at radius 1 is 0.400 bits per heavy atom. The predicted octanol–water partition coefficient (Wildman–Crippen LogP) is 12.2. The summed E-state index contributed by atoms with van der Waals surface area (Å²) in [7, 11) is -7.33. The molecule has 6 nitrogen and oxygen atoms in total. The van der Waals surface area contributed by atoms with Gasteiger partial charge in [-0.2, -0.15) is 0 Å². The molecular weight excluding hydrogens is 785 g/mol. The third kappa shape index (κ3) is 6.87. The Labute approximate surface area is 351 Å². The number of benzene rings is 8. The van der Waals surface area contributed by atoms with Gasteiger partial charge < -0.3 is 9.47 Å². The van der Waals surface area contributed by atoms with E-state index in [-0.39, 0.29) is 19.6 Å². The molecule has 0 aliphatic heterocycles. The van der Waals surface area contributed by atoms with Gasteiger partial charge in [0.1, 0.15) is 23.0 Å². The molecule has 0 saturated heterocycles. The van der Waals surface area contributed by atoms with E-state index in [0.717, 1.165) is 50.9 Å². The largest absolute Gasteiger partial charge is 0.457 e. The fourth-order valence-electron chi connectivity index (χ4n) is 8.11. The molecule has 0 aromatic heterocycles. The van der Waals surface area contributed by atoms with Crippen LogP contribution in [0.25, 0.3) is 11.1 Å². The number of fused-ring (bicyclic) bond motifs is 3. The van der Waals surface area contributed by atoms with Gasteiger partial charge in [-0.15, -0.1) is 0 Å². The second kappa shape index (κ2) is 15.5. The van der Waals surface area contributed by atoms with Gasteiger partial charge in [-0.1, -0.05) is 110 Å². The van der Waals surface area contributed by atoms with E-state index in [0.29, 0.717) is 23.0 Å². The number of sulfone groups is 2. The molecule has 0 unspecified atom stereocenters. The van der Waals surface area contributed by atoms with Gasteiger partial charge in [-0.3, -0.25) is 0 Å². The summed E-state index contributed by atoms with van der Waals surface area (Å²) in [6, 6.07) is 59.9. The molecule has 0 heterocycles. The number of hydrogen-bond acceptors (Lipinski definition) is 6. The van der Waals surface area contributed by atoms with E-state index in [1.54, 1.807) is 84.9 Å². The van der Waals surface area contributed by atoms with E-state index in [9.17, 15) is 16.8 Å². The maximum atomic E-state index is 13.3. The Kier molecular flexibility index (Phi) is 9.98. The summed E-state index contributed by atoms with van der Waals surface area (Å²) in [5, 5.41) is 0. The Balaban J connectivity index is 1.00.